The molecule has 0 heterocycles. The molecule has 0 aliphatic rings. The predicted octanol–water partition coefficient (Wildman–Crippen LogP) is 1.92. The Morgan fingerprint density at radius 1 is 1.20 bits per heavy atom. The predicted molar refractivity (Wildman–Crippen MR) is 56.2 cm³/mol. The number of rotatable bonds is 5. The van der Waals surface area contributed by atoms with Gasteiger partial charge in [-0.05, 0) is 33.6 Å². The van der Waals surface area contributed by atoms with Crippen LogP contribution < -0.4 is 0 Å². The molecule has 88 valence electrons. The van der Waals surface area contributed by atoms with Gasteiger partial charge in [-0.3, -0.25) is 4.79 Å². The minimum atomic E-state index is -1.23. The maximum Gasteiger partial charge on any atom is 0.350 e. The largest absolute Gasteiger partial charge is 0.456 e. The SMILES string of the molecule is CC(C)C(C)(C)OC(=O)C(C)(C)OC=O. The van der Waals surface area contributed by atoms with Gasteiger partial charge in [0.05, 0.1) is 0 Å². The quantitative estimate of drug-likeness (QED) is 0.520. The number of hydrogen-bond donors (Lipinski definition) is 0. The van der Waals surface area contributed by atoms with Crippen molar-refractivity contribution in [3.05, 3.63) is 0 Å². The van der Waals surface area contributed by atoms with Gasteiger partial charge in [0, 0.05) is 0 Å². The Morgan fingerprint density at radius 2 is 1.67 bits per heavy atom. The van der Waals surface area contributed by atoms with Gasteiger partial charge in [0.15, 0.2) is 0 Å². The summed E-state index contributed by atoms with van der Waals surface area (Å²) in [7, 11) is 0. The third-order valence-electron chi connectivity index (χ3n) is 2.58. The fourth-order valence-electron chi connectivity index (χ4n) is 0.648. The highest BCUT2D eigenvalue weighted by Crippen LogP contribution is 2.23. The summed E-state index contributed by atoms with van der Waals surface area (Å²) in [5, 5.41) is 0. The van der Waals surface area contributed by atoms with Gasteiger partial charge < -0.3 is 9.47 Å². The van der Waals surface area contributed by atoms with Gasteiger partial charge in [0.1, 0.15) is 5.60 Å². The molecule has 0 rings (SSSR count). The number of carbonyl (C=O) groups excluding carboxylic acids is 2. The maximum absolute atomic E-state index is 11.7. The van der Waals surface area contributed by atoms with Gasteiger partial charge in [-0.25, -0.2) is 4.79 Å². The highest BCUT2D eigenvalue weighted by molar-refractivity contribution is 5.80. The zero-order valence-corrected chi connectivity index (χ0v) is 10.3. The lowest BCUT2D eigenvalue weighted by Gasteiger charge is -2.32. The smallest absolute Gasteiger partial charge is 0.350 e. The second-order valence-electron chi connectivity index (χ2n) is 4.87. The molecule has 15 heavy (non-hydrogen) atoms. The monoisotopic (exact) mass is 216 g/mol. The summed E-state index contributed by atoms with van der Waals surface area (Å²) in [4.78, 5) is 21.9. The van der Waals surface area contributed by atoms with E-state index in [1.807, 2.05) is 27.7 Å². The number of ether oxygens (including phenoxy) is 2. The molecule has 0 atom stereocenters. The molecule has 0 N–H and O–H groups in total. The molecule has 0 saturated carbocycles. The minimum absolute atomic E-state index is 0.188. The van der Waals surface area contributed by atoms with Gasteiger partial charge in [-0.15, -0.1) is 0 Å². The first-order chi connectivity index (χ1) is 6.63. The van der Waals surface area contributed by atoms with E-state index in [0.717, 1.165) is 0 Å². The van der Waals surface area contributed by atoms with E-state index in [0.29, 0.717) is 0 Å². The van der Waals surface area contributed by atoms with Crippen molar-refractivity contribution < 1.29 is 19.1 Å². The average Bonchev–Trinajstić information content (AvgIpc) is 2.02. The van der Waals surface area contributed by atoms with Crippen LogP contribution in [0, 0.1) is 5.92 Å². The first-order valence-corrected chi connectivity index (χ1v) is 4.98. The van der Waals surface area contributed by atoms with E-state index in [1.54, 1.807) is 0 Å². The van der Waals surface area contributed by atoms with Crippen molar-refractivity contribution in [1.82, 2.24) is 0 Å². The molecule has 0 aliphatic carbocycles. The van der Waals surface area contributed by atoms with E-state index in [2.05, 4.69) is 4.74 Å². The molecule has 4 nitrogen and oxygen atoms in total. The summed E-state index contributed by atoms with van der Waals surface area (Å²) in [5.74, 6) is -0.346. The van der Waals surface area contributed by atoms with Gasteiger partial charge >= 0.3 is 5.97 Å². The molecule has 0 radical (unpaired) electrons. The number of esters is 1. The molecule has 0 aliphatic heterocycles. The van der Waals surface area contributed by atoms with Crippen LogP contribution in [-0.4, -0.2) is 23.6 Å². The summed E-state index contributed by atoms with van der Waals surface area (Å²) >= 11 is 0. The fraction of sp³-hybridized carbons (Fsp3) is 0.818. The Balaban J connectivity index is 4.55. The lowest BCUT2D eigenvalue weighted by Crippen LogP contribution is -2.43. The van der Waals surface area contributed by atoms with Crippen LogP contribution >= 0.6 is 0 Å². The molecule has 4 heteroatoms. The zero-order valence-electron chi connectivity index (χ0n) is 10.3. The highest BCUT2D eigenvalue weighted by atomic mass is 16.6. The maximum atomic E-state index is 11.7. The van der Waals surface area contributed by atoms with Crippen LogP contribution in [0.2, 0.25) is 0 Å². The molecule has 0 saturated heterocycles. The van der Waals surface area contributed by atoms with Crippen LogP contribution in [-0.2, 0) is 19.1 Å². The van der Waals surface area contributed by atoms with Crippen molar-refractivity contribution in [1.29, 1.82) is 0 Å². The molecule has 0 unspecified atom stereocenters. The van der Waals surface area contributed by atoms with E-state index in [-0.39, 0.29) is 12.4 Å². The number of hydrogen-bond acceptors (Lipinski definition) is 4. The van der Waals surface area contributed by atoms with Crippen LogP contribution in [0.5, 0.6) is 0 Å². The standard InChI is InChI=1S/C11H20O4/c1-8(2)10(3,4)15-9(13)11(5,6)14-7-12/h7-8H,1-6H3. The first-order valence-electron chi connectivity index (χ1n) is 4.98. The molecule has 0 spiro atoms. The Morgan fingerprint density at radius 3 is 2.00 bits per heavy atom. The van der Waals surface area contributed by atoms with Crippen molar-refractivity contribution in [2.75, 3.05) is 0 Å². The Hall–Kier alpha value is -1.06. The minimum Gasteiger partial charge on any atom is -0.456 e. The first kappa shape index (κ1) is 13.9. The molecular weight excluding hydrogens is 196 g/mol. The molecule has 0 aromatic heterocycles. The topological polar surface area (TPSA) is 52.6 Å². The average molecular weight is 216 g/mol. The second-order valence-corrected chi connectivity index (χ2v) is 4.87. The molecule has 0 aromatic rings. The van der Waals surface area contributed by atoms with Crippen molar-refractivity contribution >= 4 is 12.4 Å². The van der Waals surface area contributed by atoms with E-state index >= 15 is 0 Å². The van der Waals surface area contributed by atoms with Crippen LogP contribution in [0.3, 0.4) is 0 Å². The zero-order chi connectivity index (χ0) is 12.3. The molecule has 0 amide bonds. The van der Waals surface area contributed by atoms with Crippen molar-refractivity contribution in [3.8, 4) is 0 Å². The van der Waals surface area contributed by atoms with Crippen LogP contribution in [0.25, 0.3) is 0 Å². The molecular formula is C11H20O4. The Kier molecular flexibility index (Phi) is 4.31. The normalized spacial score (nSPS) is 12.5. The summed E-state index contributed by atoms with van der Waals surface area (Å²) in [5.41, 5.74) is -1.80. The number of carbonyl (C=O) groups is 2. The van der Waals surface area contributed by atoms with Crippen molar-refractivity contribution in [3.63, 3.8) is 0 Å². The van der Waals surface area contributed by atoms with Crippen LogP contribution in [0.1, 0.15) is 41.5 Å². The van der Waals surface area contributed by atoms with Gasteiger partial charge in [0.25, 0.3) is 6.47 Å². The summed E-state index contributed by atoms with van der Waals surface area (Å²) in [6.07, 6.45) is 0. The molecule has 0 fully saturated rings. The molecule has 0 aromatic carbocycles. The third kappa shape index (κ3) is 3.90. The van der Waals surface area contributed by atoms with Gasteiger partial charge in [-0.1, -0.05) is 13.8 Å². The van der Waals surface area contributed by atoms with Gasteiger partial charge in [-0.2, -0.15) is 0 Å². The van der Waals surface area contributed by atoms with E-state index in [1.165, 1.54) is 13.8 Å². The van der Waals surface area contributed by atoms with Crippen molar-refractivity contribution in [2.24, 2.45) is 5.92 Å². The van der Waals surface area contributed by atoms with Crippen LogP contribution in [0.15, 0.2) is 0 Å². The summed E-state index contributed by atoms with van der Waals surface area (Å²) in [6.45, 7) is 10.8. The lowest BCUT2D eigenvalue weighted by atomic mass is 9.94. The fourth-order valence-corrected chi connectivity index (χ4v) is 0.648. The van der Waals surface area contributed by atoms with E-state index in [4.69, 9.17) is 4.74 Å². The summed E-state index contributed by atoms with van der Waals surface area (Å²) < 4.78 is 9.96. The van der Waals surface area contributed by atoms with Crippen molar-refractivity contribution in [2.45, 2.75) is 52.7 Å². The van der Waals surface area contributed by atoms with E-state index < -0.39 is 17.2 Å². The van der Waals surface area contributed by atoms with Crippen LogP contribution in [0.4, 0.5) is 0 Å². The van der Waals surface area contributed by atoms with E-state index in [9.17, 15) is 9.59 Å². The third-order valence-corrected chi connectivity index (χ3v) is 2.58. The molecule has 0 bridgehead atoms. The summed E-state index contributed by atoms with van der Waals surface area (Å²) in [6, 6.07) is 0. The van der Waals surface area contributed by atoms with Gasteiger partial charge in [0.2, 0.25) is 5.60 Å². The highest BCUT2D eigenvalue weighted by Gasteiger charge is 2.37. The second kappa shape index (κ2) is 4.64. The Labute approximate surface area is 90.9 Å². The lowest BCUT2D eigenvalue weighted by molar-refractivity contribution is -0.185. The Bertz CT molecular complexity index is 241.